The summed E-state index contributed by atoms with van der Waals surface area (Å²) in [4.78, 5) is 0. The molecular weight excluding hydrogens is 631 g/mol. The second kappa shape index (κ2) is 10.1. The molecule has 6 aromatic heterocycles. The van der Waals surface area contributed by atoms with E-state index in [1.165, 1.54) is 109 Å². The predicted molar refractivity (Wildman–Crippen MR) is 222 cm³/mol. The average molecular weight is 662 g/mol. The maximum absolute atomic E-state index is 2.48. The molecule has 242 valence electrons. The Balaban J connectivity index is 1.53. The van der Waals surface area contributed by atoms with E-state index in [0.29, 0.717) is 0 Å². The van der Waals surface area contributed by atoms with Gasteiger partial charge in [0.1, 0.15) is 0 Å². The predicted octanol–water partition coefficient (Wildman–Crippen LogP) is 13.2. The van der Waals surface area contributed by atoms with Crippen LogP contribution in [0.4, 0.5) is 0 Å². The number of nitrogens with zero attached hydrogens (tertiary/aromatic N) is 3. The highest BCUT2D eigenvalue weighted by molar-refractivity contribution is 6.40. The van der Waals surface area contributed by atoms with Crippen LogP contribution in [-0.4, -0.2) is 13.2 Å². The topological polar surface area (TPSA) is 13.2 Å². The molecule has 0 spiro atoms. The standard InChI is InChI=1S/C49H31N3/c1-2-13-35-41(32-16-4-3-5-17-32)38-20-10-27-50(38)47-44(35)48-46(37-26-24-31-15-7-9-19-34(31)43(37)39-21-11-28-51(39)48)49-45(47)36-25-23-30-14-6-8-18-33(30)42(36)40-22-12-29-52(40)49/h2-29H,1H3/b13-2-. The average Bonchev–Trinajstić information content (AvgIpc) is 3.99. The lowest BCUT2D eigenvalue weighted by molar-refractivity contribution is 1.25. The fourth-order valence-electron chi connectivity index (χ4n) is 9.55. The summed E-state index contributed by atoms with van der Waals surface area (Å²) in [6.07, 6.45) is 11.4. The minimum absolute atomic E-state index is 1.20. The molecule has 0 aliphatic rings. The zero-order valence-corrected chi connectivity index (χ0v) is 28.5. The van der Waals surface area contributed by atoms with Crippen LogP contribution in [0, 0.1) is 0 Å². The van der Waals surface area contributed by atoms with Crippen molar-refractivity contribution >= 4 is 98.4 Å². The van der Waals surface area contributed by atoms with Gasteiger partial charge in [0.15, 0.2) is 0 Å². The lowest BCUT2D eigenvalue weighted by Crippen LogP contribution is -2.03. The third-order valence-corrected chi connectivity index (χ3v) is 11.5. The Morgan fingerprint density at radius 1 is 0.385 bits per heavy atom. The van der Waals surface area contributed by atoms with Gasteiger partial charge in [0, 0.05) is 51.1 Å². The first-order chi connectivity index (χ1) is 25.8. The summed E-state index contributed by atoms with van der Waals surface area (Å²) in [7, 11) is 0. The SMILES string of the molecule is C/C=C\c1c(-c2ccccc2)c2cccn2c2c1c1c(c3ccc4ccccc4c3c3cccn31)c1c2c2ccc3ccccc3c2c2cccn21. The van der Waals surface area contributed by atoms with E-state index < -0.39 is 0 Å². The largest absolute Gasteiger partial charge is 0.315 e. The Morgan fingerprint density at radius 2 is 0.865 bits per heavy atom. The Kier molecular flexibility index (Phi) is 5.43. The van der Waals surface area contributed by atoms with Gasteiger partial charge >= 0.3 is 0 Å². The van der Waals surface area contributed by atoms with Gasteiger partial charge in [-0.1, -0.05) is 115 Å². The van der Waals surface area contributed by atoms with Gasteiger partial charge in [-0.3, -0.25) is 0 Å². The minimum atomic E-state index is 1.20. The van der Waals surface area contributed by atoms with E-state index >= 15 is 0 Å². The molecule has 3 heteroatoms. The van der Waals surface area contributed by atoms with Gasteiger partial charge < -0.3 is 13.2 Å². The van der Waals surface area contributed by atoms with E-state index in [1.807, 2.05) is 0 Å². The van der Waals surface area contributed by atoms with Gasteiger partial charge in [0.05, 0.1) is 33.1 Å². The molecule has 52 heavy (non-hydrogen) atoms. The van der Waals surface area contributed by atoms with Crippen molar-refractivity contribution in [2.24, 2.45) is 0 Å². The second-order valence-electron chi connectivity index (χ2n) is 14.0. The third-order valence-electron chi connectivity index (χ3n) is 11.5. The van der Waals surface area contributed by atoms with Crippen molar-refractivity contribution in [2.45, 2.75) is 6.92 Å². The van der Waals surface area contributed by atoms with Gasteiger partial charge in [-0.25, -0.2) is 0 Å². The Bertz CT molecular complexity index is 3410. The molecule has 6 aromatic carbocycles. The monoisotopic (exact) mass is 661 g/mol. The molecule has 0 unspecified atom stereocenters. The maximum Gasteiger partial charge on any atom is 0.0655 e. The molecule has 0 saturated heterocycles. The Hall–Kier alpha value is -6.84. The van der Waals surface area contributed by atoms with Crippen LogP contribution in [0.25, 0.3) is 110 Å². The molecule has 0 N–H and O–H groups in total. The van der Waals surface area contributed by atoms with Crippen molar-refractivity contribution in [1.29, 1.82) is 0 Å². The van der Waals surface area contributed by atoms with Crippen LogP contribution in [-0.2, 0) is 0 Å². The number of pyridine rings is 3. The van der Waals surface area contributed by atoms with E-state index in [9.17, 15) is 0 Å². The second-order valence-corrected chi connectivity index (χ2v) is 14.0. The molecule has 0 fully saturated rings. The third kappa shape index (κ3) is 3.40. The fourth-order valence-corrected chi connectivity index (χ4v) is 9.55. The molecule has 0 aliphatic carbocycles. The number of fused-ring (bicyclic) bond motifs is 22. The molecule has 0 saturated carbocycles. The van der Waals surface area contributed by atoms with Gasteiger partial charge in [0.2, 0.25) is 0 Å². The van der Waals surface area contributed by atoms with Gasteiger partial charge in [-0.05, 0) is 86.8 Å². The van der Waals surface area contributed by atoms with Crippen molar-refractivity contribution in [1.82, 2.24) is 13.2 Å². The Labute approximate surface area is 298 Å². The lowest BCUT2D eigenvalue weighted by atomic mass is 9.88. The summed E-state index contributed by atoms with van der Waals surface area (Å²) < 4.78 is 7.42. The molecule has 0 atom stereocenters. The van der Waals surface area contributed by atoms with Crippen LogP contribution < -0.4 is 0 Å². The van der Waals surface area contributed by atoms with Crippen LogP contribution >= 0.6 is 0 Å². The summed E-state index contributed by atoms with van der Waals surface area (Å²) in [5, 5.41) is 13.9. The molecule has 0 aliphatic heterocycles. The summed E-state index contributed by atoms with van der Waals surface area (Å²) in [6.45, 7) is 2.14. The number of hydrogen-bond acceptors (Lipinski definition) is 0. The normalized spacial score (nSPS) is 12.6. The Morgan fingerprint density at radius 3 is 1.42 bits per heavy atom. The van der Waals surface area contributed by atoms with Gasteiger partial charge in [0.25, 0.3) is 0 Å². The maximum atomic E-state index is 2.48. The van der Waals surface area contributed by atoms with Crippen LogP contribution in [0.15, 0.2) is 164 Å². The molecular formula is C49H31N3. The van der Waals surface area contributed by atoms with E-state index in [0.717, 1.165) is 0 Å². The number of aromatic nitrogens is 3. The highest BCUT2D eigenvalue weighted by Crippen LogP contribution is 2.49. The van der Waals surface area contributed by atoms with E-state index in [4.69, 9.17) is 0 Å². The molecule has 0 radical (unpaired) electrons. The molecule has 12 rings (SSSR count). The van der Waals surface area contributed by atoms with Crippen LogP contribution in [0.2, 0.25) is 0 Å². The highest BCUT2D eigenvalue weighted by atomic mass is 14.9. The van der Waals surface area contributed by atoms with Gasteiger partial charge in [-0.15, -0.1) is 0 Å². The van der Waals surface area contributed by atoms with E-state index in [-0.39, 0.29) is 0 Å². The molecule has 12 aromatic rings. The summed E-state index contributed by atoms with van der Waals surface area (Å²) in [5.74, 6) is 0. The highest BCUT2D eigenvalue weighted by Gasteiger charge is 2.26. The van der Waals surface area contributed by atoms with Crippen LogP contribution in [0.3, 0.4) is 0 Å². The van der Waals surface area contributed by atoms with Crippen molar-refractivity contribution in [2.75, 3.05) is 0 Å². The first kappa shape index (κ1) is 27.9. The summed E-state index contributed by atoms with van der Waals surface area (Å²) in [6, 6.07) is 51.5. The molecule has 6 heterocycles. The summed E-state index contributed by atoms with van der Waals surface area (Å²) >= 11 is 0. The van der Waals surface area contributed by atoms with E-state index in [1.54, 1.807) is 0 Å². The van der Waals surface area contributed by atoms with Crippen molar-refractivity contribution in [3.63, 3.8) is 0 Å². The van der Waals surface area contributed by atoms with Crippen LogP contribution in [0.5, 0.6) is 0 Å². The number of rotatable bonds is 2. The molecule has 0 bridgehead atoms. The van der Waals surface area contributed by atoms with E-state index in [2.05, 4.69) is 190 Å². The quantitative estimate of drug-likeness (QED) is 0.164. The zero-order chi connectivity index (χ0) is 34.1. The first-order valence-corrected chi connectivity index (χ1v) is 18.1. The smallest absolute Gasteiger partial charge is 0.0655 e. The minimum Gasteiger partial charge on any atom is -0.315 e. The molecule has 3 nitrogen and oxygen atoms in total. The number of benzene rings is 6. The van der Waals surface area contributed by atoms with Gasteiger partial charge in [-0.2, -0.15) is 0 Å². The lowest BCUT2D eigenvalue weighted by Gasteiger charge is -2.23. The zero-order valence-electron chi connectivity index (χ0n) is 28.5. The number of hydrogen-bond donors (Lipinski definition) is 0. The van der Waals surface area contributed by atoms with Crippen LogP contribution in [0.1, 0.15) is 12.5 Å². The first-order valence-electron chi connectivity index (χ1n) is 18.1. The number of allylic oxidation sites excluding steroid dienone is 1. The van der Waals surface area contributed by atoms with Crippen molar-refractivity contribution in [3.05, 3.63) is 170 Å². The van der Waals surface area contributed by atoms with Crippen molar-refractivity contribution < 1.29 is 0 Å². The summed E-state index contributed by atoms with van der Waals surface area (Å²) in [5.41, 5.74) is 11.0. The fraction of sp³-hybridized carbons (Fsp3) is 0.0204. The molecule has 0 amide bonds. The van der Waals surface area contributed by atoms with Crippen molar-refractivity contribution in [3.8, 4) is 11.1 Å².